The van der Waals surface area contributed by atoms with E-state index in [4.69, 9.17) is 0 Å². The van der Waals surface area contributed by atoms with Gasteiger partial charge in [-0.05, 0) is 18.8 Å². The summed E-state index contributed by atoms with van der Waals surface area (Å²) >= 11 is 0. The van der Waals surface area contributed by atoms with Crippen molar-refractivity contribution in [1.82, 2.24) is 5.32 Å². The molecule has 0 aromatic rings. The Balaban J connectivity index is 3.56. The van der Waals surface area contributed by atoms with Gasteiger partial charge in [0.1, 0.15) is 0 Å². The fourth-order valence-corrected chi connectivity index (χ4v) is 0.515. The van der Waals surface area contributed by atoms with Crippen LogP contribution in [0.1, 0.15) is 34.1 Å². The quantitative estimate of drug-likeness (QED) is 0.634. The molecule has 0 saturated heterocycles. The fourth-order valence-electron chi connectivity index (χ4n) is 0.515. The Bertz CT molecular complexity index is 114. The molecule has 10 heavy (non-hydrogen) atoms. The average Bonchev–Trinajstić information content (AvgIpc) is 1.85. The molecule has 0 spiro atoms. The number of rotatable bonds is 4. The molecular formula is C9H19N. The van der Waals surface area contributed by atoms with Crippen LogP contribution in [0, 0.1) is 5.41 Å². The highest BCUT2D eigenvalue weighted by Crippen LogP contribution is 2.17. The standard InChI is InChI=1S/C9H19N/c1-6-9(4,5)7-10-8(2)3/h10H,2,6-7H2,1,3-5H3. The molecule has 0 aromatic carbocycles. The summed E-state index contributed by atoms with van der Waals surface area (Å²) in [5, 5.41) is 3.24. The van der Waals surface area contributed by atoms with Crippen LogP contribution in [0.5, 0.6) is 0 Å². The van der Waals surface area contributed by atoms with E-state index in [-0.39, 0.29) is 0 Å². The lowest BCUT2D eigenvalue weighted by molar-refractivity contribution is 0.341. The number of hydrogen-bond donors (Lipinski definition) is 1. The summed E-state index contributed by atoms with van der Waals surface area (Å²) in [6.45, 7) is 13.5. The molecule has 0 aliphatic rings. The van der Waals surface area contributed by atoms with Crippen LogP contribution in [0.2, 0.25) is 0 Å². The molecule has 0 fully saturated rings. The second-order valence-electron chi connectivity index (χ2n) is 3.65. The van der Waals surface area contributed by atoms with Gasteiger partial charge in [-0.3, -0.25) is 0 Å². The van der Waals surface area contributed by atoms with E-state index in [0.29, 0.717) is 5.41 Å². The monoisotopic (exact) mass is 141 g/mol. The number of nitrogens with one attached hydrogen (secondary N) is 1. The van der Waals surface area contributed by atoms with Gasteiger partial charge in [0.25, 0.3) is 0 Å². The van der Waals surface area contributed by atoms with E-state index in [1.807, 2.05) is 6.92 Å². The summed E-state index contributed by atoms with van der Waals surface area (Å²) in [7, 11) is 0. The minimum atomic E-state index is 0.402. The van der Waals surface area contributed by atoms with Crippen LogP contribution in [0.15, 0.2) is 12.3 Å². The molecule has 1 nitrogen and oxygen atoms in total. The van der Waals surface area contributed by atoms with Gasteiger partial charge in [-0.15, -0.1) is 0 Å². The van der Waals surface area contributed by atoms with Gasteiger partial charge in [-0.25, -0.2) is 0 Å². The summed E-state index contributed by atoms with van der Waals surface area (Å²) in [6.07, 6.45) is 1.20. The Morgan fingerprint density at radius 3 is 2.30 bits per heavy atom. The van der Waals surface area contributed by atoms with Crippen LogP contribution in [-0.2, 0) is 0 Å². The maximum Gasteiger partial charge on any atom is 0.0194 e. The van der Waals surface area contributed by atoms with Crippen molar-refractivity contribution in [2.45, 2.75) is 34.1 Å². The van der Waals surface area contributed by atoms with Gasteiger partial charge in [-0.2, -0.15) is 0 Å². The summed E-state index contributed by atoms with van der Waals surface area (Å²) in [5.74, 6) is 0. The average molecular weight is 141 g/mol. The Kier molecular flexibility index (Phi) is 3.48. The van der Waals surface area contributed by atoms with Crippen molar-refractivity contribution >= 4 is 0 Å². The first-order valence-corrected chi connectivity index (χ1v) is 3.87. The fraction of sp³-hybridized carbons (Fsp3) is 0.778. The third-order valence-electron chi connectivity index (χ3n) is 1.83. The lowest BCUT2D eigenvalue weighted by Gasteiger charge is -2.23. The predicted molar refractivity (Wildman–Crippen MR) is 46.9 cm³/mol. The van der Waals surface area contributed by atoms with Crippen molar-refractivity contribution in [3.63, 3.8) is 0 Å². The minimum absolute atomic E-state index is 0.402. The summed E-state index contributed by atoms with van der Waals surface area (Å²) in [5.41, 5.74) is 1.46. The zero-order valence-electron chi connectivity index (χ0n) is 7.62. The van der Waals surface area contributed by atoms with Crippen molar-refractivity contribution in [3.8, 4) is 0 Å². The van der Waals surface area contributed by atoms with E-state index < -0.39 is 0 Å². The highest BCUT2D eigenvalue weighted by molar-refractivity contribution is 4.86. The van der Waals surface area contributed by atoms with Crippen LogP contribution < -0.4 is 5.32 Å². The van der Waals surface area contributed by atoms with Gasteiger partial charge >= 0.3 is 0 Å². The van der Waals surface area contributed by atoms with Gasteiger partial charge in [0.2, 0.25) is 0 Å². The molecule has 0 rings (SSSR count). The van der Waals surface area contributed by atoms with Crippen molar-refractivity contribution in [2.24, 2.45) is 5.41 Å². The molecule has 0 amide bonds. The zero-order valence-corrected chi connectivity index (χ0v) is 7.62. The van der Waals surface area contributed by atoms with Crippen molar-refractivity contribution in [2.75, 3.05) is 6.54 Å². The second-order valence-corrected chi connectivity index (χ2v) is 3.65. The van der Waals surface area contributed by atoms with Crippen molar-refractivity contribution in [1.29, 1.82) is 0 Å². The molecule has 60 valence electrons. The Morgan fingerprint density at radius 1 is 1.50 bits per heavy atom. The highest BCUT2D eigenvalue weighted by Gasteiger charge is 2.13. The van der Waals surface area contributed by atoms with Crippen molar-refractivity contribution < 1.29 is 0 Å². The first-order valence-electron chi connectivity index (χ1n) is 3.87. The molecule has 0 unspecified atom stereocenters. The third-order valence-corrected chi connectivity index (χ3v) is 1.83. The van der Waals surface area contributed by atoms with Crippen LogP contribution in [0.3, 0.4) is 0 Å². The van der Waals surface area contributed by atoms with Crippen LogP contribution in [0.25, 0.3) is 0 Å². The maximum absolute atomic E-state index is 3.78. The molecule has 0 atom stereocenters. The molecule has 0 aromatic heterocycles. The smallest absolute Gasteiger partial charge is 0.0194 e. The Labute approximate surface area is 64.5 Å². The summed E-state index contributed by atoms with van der Waals surface area (Å²) in [6, 6.07) is 0. The van der Waals surface area contributed by atoms with Crippen molar-refractivity contribution in [3.05, 3.63) is 12.3 Å². The molecule has 0 radical (unpaired) electrons. The normalized spacial score (nSPS) is 11.2. The van der Waals surface area contributed by atoms with Gasteiger partial charge < -0.3 is 5.32 Å². The highest BCUT2D eigenvalue weighted by atomic mass is 14.9. The number of allylic oxidation sites excluding steroid dienone is 1. The molecule has 1 heteroatoms. The van der Waals surface area contributed by atoms with E-state index in [0.717, 1.165) is 12.2 Å². The molecule has 0 heterocycles. The second kappa shape index (κ2) is 3.65. The van der Waals surface area contributed by atoms with Crippen LogP contribution >= 0.6 is 0 Å². The van der Waals surface area contributed by atoms with E-state index >= 15 is 0 Å². The lowest BCUT2D eigenvalue weighted by Crippen LogP contribution is -2.27. The molecule has 1 N–H and O–H groups in total. The van der Waals surface area contributed by atoms with E-state index in [2.05, 4.69) is 32.7 Å². The first-order chi connectivity index (χ1) is 4.48. The Morgan fingerprint density at radius 2 is 2.00 bits per heavy atom. The largest absolute Gasteiger partial charge is 0.389 e. The summed E-state index contributed by atoms with van der Waals surface area (Å²) in [4.78, 5) is 0. The minimum Gasteiger partial charge on any atom is -0.389 e. The lowest BCUT2D eigenvalue weighted by atomic mass is 9.90. The van der Waals surface area contributed by atoms with Gasteiger partial charge in [-0.1, -0.05) is 27.4 Å². The van der Waals surface area contributed by atoms with Gasteiger partial charge in [0, 0.05) is 12.2 Å². The third kappa shape index (κ3) is 4.42. The molecular weight excluding hydrogens is 122 g/mol. The first kappa shape index (κ1) is 9.54. The number of hydrogen-bond acceptors (Lipinski definition) is 1. The van der Waals surface area contributed by atoms with E-state index in [1.54, 1.807) is 0 Å². The molecule has 0 aliphatic carbocycles. The van der Waals surface area contributed by atoms with Gasteiger partial charge in [0.05, 0.1) is 0 Å². The topological polar surface area (TPSA) is 12.0 Å². The maximum atomic E-state index is 3.78. The Hall–Kier alpha value is -0.460. The molecule has 0 saturated carbocycles. The molecule has 0 bridgehead atoms. The summed E-state index contributed by atoms with van der Waals surface area (Å²) < 4.78 is 0. The van der Waals surface area contributed by atoms with Crippen LogP contribution in [0.4, 0.5) is 0 Å². The van der Waals surface area contributed by atoms with E-state index in [9.17, 15) is 0 Å². The zero-order chi connectivity index (χ0) is 8.20. The molecule has 0 aliphatic heterocycles. The van der Waals surface area contributed by atoms with E-state index in [1.165, 1.54) is 6.42 Å². The SMILES string of the molecule is C=C(C)NCC(C)(C)CC. The van der Waals surface area contributed by atoms with Crippen LogP contribution in [-0.4, -0.2) is 6.54 Å². The predicted octanol–water partition coefficient (Wildman–Crippen LogP) is 2.55. The van der Waals surface area contributed by atoms with Gasteiger partial charge in [0.15, 0.2) is 0 Å².